The summed E-state index contributed by atoms with van der Waals surface area (Å²) in [4.78, 5) is 4.57. The topological polar surface area (TPSA) is 65.7 Å². The minimum absolute atomic E-state index is 0.0150. The van der Waals surface area contributed by atoms with Gasteiger partial charge in [0.1, 0.15) is 29.9 Å². The largest absolute Gasteiger partial charge is 0.497 e. The molecule has 0 bridgehead atoms. The van der Waals surface area contributed by atoms with Gasteiger partial charge in [-0.3, -0.25) is 0 Å². The third kappa shape index (κ3) is 2.41. The van der Waals surface area contributed by atoms with E-state index in [0.717, 1.165) is 27.9 Å². The molecule has 3 aromatic rings. The van der Waals surface area contributed by atoms with Gasteiger partial charge in [0.25, 0.3) is 0 Å². The summed E-state index contributed by atoms with van der Waals surface area (Å²) in [6.07, 6.45) is 2.82. The van der Waals surface area contributed by atoms with Crippen molar-refractivity contribution in [1.29, 1.82) is 0 Å². The van der Waals surface area contributed by atoms with Gasteiger partial charge in [-0.15, -0.1) is 0 Å². The Morgan fingerprint density at radius 3 is 2.77 bits per heavy atom. The lowest BCUT2D eigenvalue weighted by molar-refractivity contribution is 0.0172. The minimum Gasteiger partial charge on any atom is -0.497 e. The monoisotopic (exact) mass is 352 g/mol. The lowest BCUT2D eigenvalue weighted by Gasteiger charge is -2.20. The van der Waals surface area contributed by atoms with E-state index in [9.17, 15) is 5.11 Å². The molecule has 134 valence electrons. The molecule has 0 amide bonds. The van der Waals surface area contributed by atoms with E-state index in [1.54, 1.807) is 13.3 Å². The molecule has 1 N–H and O–H groups in total. The molecule has 5 rings (SSSR count). The SMILES string of the molecule is COc1ccc2cc(-c3nccn3[C@@H]3CO[C@H]4[C@@H]3OC[C@H]4O)ccc2c1. The summed E-state index contributed by atoms with van der Waals surface area (Å²) in [6.45, 7) is 0.841. The molecule has 26 heavy (non-hydrogen) atoms. The lowest BCUT2D eigenvalue weighted by atomic mass is 10.0. The third-order valence-electron chi connectivity index (χ3n) is 5.33. The van der Waals surface area contributed by atoms with Gasteiger partial charge in [0, 0.05) is 18.0 Å². The number of ether oxygens (including phenoxy) is 3. The highest BCUT2D eigenvalue weighted by molar-refractivity contribution is 5.87. The van der Waals surface area contributed by atoms with E-state index in [4.69, 9.17) is 14.2 Å². The number of hydrogen-bond acceptors (Lipinski definition) is 5. The van der Waals surface area contributed by atoms with E-state index in [0.29, 0.717) is 13.2 Å². The maximum Gasteiger partial charge on any atom is 0.140 e. The van der Waals surface area contributed by atoms with Crippen molar-refractivity contribution in [1.82, 2.24) is 9.55 Å². The van der Waals surface area contributed by atoms with Gasteiger partial charge in [-0.05, 0) is 29.0 Å². The molecule has 2 aromatic carbocycles. The zero-order valence-electron chi connectivity index (χ0n) is 14.4. The predicted molar refractivity (Wildman–Crippen MR) is 96.2 cm³/mol. The van der Waals surface area contributed by atoms with Crippen LogP contribution in [0.1, 0.15) is 6.04 Å². The quantitative estimate of drug-likeness (QED) is 0.784. The molecule has 0 spiro atoms. The first-order chi connectivity index (χ1) is 12.7. The number of fused-ring (bicyclic) bond motifs is 2. The summed E-state index contributed by atoms with van der Waals surface area (Å²) in [5.74, 6) is 1.72. The Morgan fingerprint density at radius 2 is 1.88 bits per heavy atom. The first kappa shape index (κ1) is 15.8. The van der Waals surface area contributed by atoms with Crippen LogP contribution in [-0.2, 0) is 9.47 Å². The molecule has 3 heterocycles. The van der Waals surface area contributed by atoms with Gasteiger partial charge >= 0.3 is 0 Å². The van der Waals surface area contributed by atoms with Crippen molar-refractivity contribution >= 4 is 10.8 Å². The van der Waals surface area contributed by atoms with Crippen molar-refractivity contribution in [2.24, 2.45) is 0 Å². The molecular formula is C20H20N2O4. The molecule has 2 saturated heterocycles. The number of imidazole rings is 1. The Hall–Kier alpha value is -2.41. The summed E-state index contributed by atoms with van der Waals surface area (Å²) in [7, 11) is 1.67. The van der Waals surface area contributed by atoms with E-state index in [2.05, 4.69) is 33.8 Å². The molecule has 1 aromatic heterocycles. The Morgan fingerprint density at radius 1 is 1.08 bits per heavy atom. The van der Waals surface area contributed by atoms with E-state index >= 15 is 0 Å². The van der Waals surface area contributed by atoms with Crippen molar-refractivity contribution in [3.05, 3.63) is 48.8 Å². The molecule has 0 unspecified atom stereocenters. The van der Waals surface area contributed by atoms with Crippen molar-refractivity contribution in [3.8, 4) is 17.1 Å². The van der Waals surface area contributed by atoms with Gasteiger partial charge in [-0.1, -0.05) is 18.2 Å². The average Bonchev–Trinajstić information content (AvgIpc) is 3.38. The molecule has 2 aliphatic heterocycles. The van der Waals surface area contributed by atoms with E-state index in [1.165, 1.54) is 0 Å². The van der Waals surface area contributed by atoms with E-state index < -0.39 is 6.10 Å². The van der Waals surface area contributed by atoms with Gasteiger partial charge in [0.15, 0.2) is 0 Å². The van der Waals surface area contributed by atoms with Gasteiger partial charge in [0.05, 0.1) is 26.4 Å². The van der Waals surface area contributed by atoms with E-state index in [1.807, 2.05) is 18.3 Å². The number of methoxy groups -OCH3 is 1. The second-order valence-electron chi connectivity index (χ2n) is 6.82. The second-order valence-corrected chi connectivity index (χ2v) is 6.82. The van der Waals surface area contributed by atoms with Crippen LogP contribution in [0.4, 0.5) is 0 Å². The van der Waals surface area contributed by atoms with Crippen LogP contribution in [0, 0.1) is 0 Å². The Labute approximate surface area is 150 Å². The summed E-state index contributed by atoms with van der Waals surface area (Å²) in [5, 5.41) is 12.2. The number of hydrogen-bond donors (Lipinski definition) is 1. The summed E-state index contributed by atoms with van der Waals surface area (Å²) >= 11 is 0. The zero-order valence-corrected chi connectivity index (χ0v) is 14.4. The number of rotatable bonds is 3. The predicted octanol–water partition coefficient (Wildman–Crippen LogP) is 2.41. The van der Waals surface area contributed by atoms with Gasteiger partial charge in [-0.25, -0.2) is 4.98 Å². The summed E-state index contributed by atoms with van der Waals surface area (Å²) in [6, 6.07) is 12.3. The summed E-state index contributed by atoms with van der Waals surface area (Å²) in [5.41, 5.74) is 1.04. The highest BCUT2D eigenvalue weighted by atomic mass is 16.6. The number of aliphatic hydroxyl groups is 1. The van der Waals surface area contributed by atoms with Gasteiger partial charge < -0.3 is 23.9 Å². The van der Waals surface area contributed by atoms with Crippen LogP contribution in [0.5, 0.6) is 5.75 Å². The first-order valence-electron chi connectivity index (χ1n) is 8.77. The maximum atomic E-state index is 9.98. The second kappa shape index (κ2) is 6.09. The molecule has 0 aliphatic carbocycles. The number of benzene rings is 2. The molecule has 2 aliphatic rings. The van der Waals surface area contributed by atoms with Crippen molar-refractivity contribution in [3.63, 3.8) is 0 Å². The highest BCUT2D eigenvalue weighted by Gasteiger charge is 2.48. The van der Waals surface area contributed by atoms with Crippen molar-refractivity contribution in [2.45, 2.75) is 24.4 Å². The van der Waals surface area contributed by atoms with Crippen LogP contribution in [0.2, 0.25) is 0 Å². The fourth-order valence-electron chi connectivity index (χ4n) is 3.99. The molecule has 0 saturated carbocycles. The molecular weight excluding hydrogens is 332 g/mol. The zero-order chi connectivity index (χ0) is 17.7. The van der Waals surface area contributed by atoms with Gasteiger partial charge in [-0.2, -0.15) is 0 Å². The molecule has 0 radical (unpaired) electrons. The fraction of sp³-hybridized carbons (Fsp3) is 0.350. The Kier molecular flexibility index (Phi) is 3.70. The molecule has 2 fully saturated rings. The average molecular weight is 352 g/mol. The molecule has 4 atom stereocenters. The smallest absolute Gasteiger partial charge is 0.140 e. The van der Waals surface area contributed by atoms with Crippen LogP contribution in [0.3, 0.4) is 0 Å². The lowest BCUT2D eigenvalue weighted by Crippen LogP contribution is -2.30. The van der Waals surface area contributed by atoms with Crippen LogP contribution in [-0.4, -0.2) is 53.3 Å². The van der Waals surface area contributed by atoms with Crippen LogP contribution >= 0.6 is 0 Å². The maximum absolute atomic E-state index is 9.98. The number of aromatic nitrogens is 2. The van der Waals surface area contributed by atoms with Crippen molar-refractivity contribution < 1.29 is 19.3 Å². The van der Waals surface area contributed by atoms with Gasteiger partial charge in [0.2, 0.25) is 0 Å². The minimum atomic E-state index is -0.548. The third-order valence-corrected chi connectivity index (χ3v) is 5.33. The summed E-state index contributed by atoms with van der Waals surface area (Å²) < 4.78 is 18.9. The Balaban J connectivity index is 1.52. The molecule has 6 heteroatoms. The van der Waals surface area contributed by atoms with Crippen LogP contribution in [0.15, 0.2) is 48.8 Å². The standard InChI is InChI=1S/C20H20N2O4/c1-24-15-5-4-12-8-14(3-2-13(12)9-15)20-21-6-7-22(20)16-10-25-19-17(23)11-26-18(16)19/h2-9,16-19,23H,10-11H2,1H3/t16-,17-,18-,19-/m1/s1. The number of aliphatic hydroxyl groups excluding tert-OH is 1. The number of nitrogens with zero attached hydrogens (tertiary/aromatic N) is 2. The van der Waals surface area contributed by atoms with Crippen LogP contribution in [0.25, 0.3) is 22.2 Å². The van der Waals surface area contributed by atoms with E-state index in [-0.39, 0.29) is 18.2 Å². The van der Waals surface area contributed by atoms with Crippen molar-refractivity contribution in [2.75, 3.05) is 20.3 Å². The Bertz CT molecular complexity index is 954. The van der Waals surface area contributed by atoms with Crippen LogP contribution < -0.4 is 4.74 Å². The fourth-order valence-corrected chi connectivity index (χ4v) is 3.99. The molecule has 6 nitrogen and oxygen atoms in total. The normalized spacial score (nSPS) is 27.8. The first-order valence-corrected chi connectivity index (χ1v) is 8.77. The highest BCUT2D eigenvalue weighted by Crippen LogP contribution is 2.37.